The molecule has 0 radical (unpaired) electrons. The second-order valence-electron chi connectivity index (χ2n) is 5.98. The molecule has 2 unspecified atom stereocenters. The van der Waals surface area contributed by atoms with Crippen LogP contribution in [0.2, 0.25) is 0 Å². The number of thiol groups is 2. The van der Waals surface area contributed by atoms with Crippen molar-refractivity contribution >= 4 is 37.0 Å². The second kappa shape index (κ2) is 8.98. The van der Waals surface area contributed by atoms with Crippen LogP contribution in [0, 0.1) is 5.92 Å². The van der Waals surface area contributed by atoms with Crippen LogP contribution >= 0.6 is 25.3 Å². The molecule has 2 atom stereocenters. The molecule has 0 aromatic heterocycles. The van der Waals surface area contributed by atoms with Crippen LogP contribution in [0.1, 0.15) is 58.8 Å². The summed E-state index contributed by atoms with van der Waals surface area (Å²) in [5, 5.41) is 0.183. The van der Waals surface area contributed by atoms with Gasteiger partial charge in [-0.15, -0.1) is 0 Å². The van der Waals surface area contributed by atoms with Crippen molar-refractivity contribution in [3.05, 3.63) is 0 Å². The van der Waals surface area contributed by atoms with Crippen molar-refractivity contribution in [3.63, 3.8) is 0 Å². The van der Waals surface area contributed by atoms with E-state index < -0.39 is 0 Å². The molecule has 0 aromatic carbocycles. The van der Waals surface area contributed by atoms with Gasteiger partial charge in [0.2, 0.25) is 0 Å². The molecular weight excluding hydrogens is 292 g/mol. The Morgan fingerprint density at radius 1 is 1.05 bits per heavy atom. The standard InChI is InChI=1S/C15H26O3S2/c1-10(19)7-13(16)9-12-3-5-14(6-4-12)18-15(17)8-11(2)20/h10-12,14,19-20H,3-9H2,1-2H3. The Balaban J connectivity index is 2.23. The van der Waals surface area contributed by atoms with Crippen LogP contribution in [-0.2, 0) is 14.3 Å². The summed E-state index contributed by atoms with van der Waals surface area (Å²) < 4.78 is 5.44. The fraction of sp³-hybridized carbons (Fsp3) is 0.867. The molecule has 1 fully saturated rings. The molecule has 1 rings (SSSR count). The molecule has 3 nitrogen and oxygen atoms in total. The third-order valence-electron chi connectivity index (χ3n) is 3.59. The first-order valence-corrected chi connectivity index (χ1v) is 8.47. The van der Waals surface area contributed by atoms with Gasteiger partial charge in [-0.2, -0.15) is 25.3 Å². The van der Waals surface area contributed by atoms with Crippen LogP contribution in [0.4, 0.5) is 0 Å². The third-order valence-corrected chi connectivity index (χ3v) is 3.96. The number of ketones is 1. The van der Waals surface area contributed by atoms with Gasteiger partial charge in [0.25, 0.3) is 0 Å². The van der Waals surface area contributed by atoms with Crippen LogP contribution in [0.5, 0.6) is 0 Å². The fourth-order valence-electron chi connectivity index (χ4n) is 2.66. The number of carbonyl (C=O) groups is 2. The van der Waals surface area contributed by atoms with Crippen molar-refractivity contribution < 1.29 is 14.3 Å². The first-order chi connectivity index (χ1) is 9.36. The molecule has 116 valence electrons. The van der Waals surface area contributed by atoms with Crippen molar-refractivity contribution in [2.75, 3.05) is 0 Å². The first kappa shape index (κ1) is 17.9. The van der Waals surface area contributed by atoms with Crippen molar-refractivity contribution in [1.82, 2.24) is 0 Å². The zero-order valence-corrected chi connectivity index (χ0v) is 14.2. The number of ether oxygens (including phenoxy) is 1. The van der Waals surface area contributed by atoms with E-state index in [1.165, 1.54) is 0 Å². The van der Waals surface area contributed by atoms with Crippen LogP contribution in [0.25, 0.3) is 0 Å². The maximum atomic E-state index is 11.8. The summed E-state index contributed by atoms with van der Waals surface area (Å²) >= 11 is 8.44. The van der Waals surface area contributed by atoms with Crippen molar-refractivity contribution in [2.45, 2.75) is 75.4 Å². The monoisotopic (exact) mass is 318 g/mol. The number of hydrogen-bond acceptors (Lipinski definition) is 5. The second-order valence-corrected chi connectivity index (χ2v) is 7.74. The lowest BCUT2D eigenvalue weighted by molar-refractivity contribution is -0.151. The highest BCUT2D eigenvalue weighted by atomic mass is 32.1. The number of carbonyl (C=O) groups excluding carboxylic acids is 2. The average molecular weight is 319 g/mol. The van der Waals surface area contributed by atoms with E-state index in [0.29, 0.717) is 31.0 Å². The quantitative estimate of drug-likeness (QED) is 0.558. The minimum Gasteiger partial charge on any atom is -0.462 e. The maximum absolute atomic E-state index is 11.8. The summed E-state index contributed by atoms with van der Waals surface area (Å²) in [7, 11) is 0. The summed E-state index contributed by atoms with van der Waals surface area (Å²) in [5.74, 6) is 0.598. The predicted octanol–water partition coefficient (Wildman–Crippen LogP) is 3.46. The van der Waals surface area contributed by atoms with Gasteiger partial charge >= 0.3 is 5.97 Å². The van der Waals surface area contributed by atoms with E-state index in [2.05, 4.69) is 25.3 Å². The lowest BCUT2D eigenvalue weighted by Gasteiger charge is -2.28. The minimum absolute atomic E-state index is 0.0322. The van der Waals surface area contributed by atoms with Gasteiger partial charge in [-0.3, -0.25) is 9.59 Å². The van der Waals surface area contributed by atoms with Gasteiger partial charge in [0, 0.05) is 23.3 Å². The summed E-state index contributed by atoms with van der Waals surface area (Å²) in [5.41, 5.74) is 0. The molecule has 1 aliphatic carbocycles. The zero-order valence-electron chi connectivity index (χ0n) is 12.4. The maximum Gasteiger partial charge on any atom is 0.307 e. The summed E-state index contributed by atoms with van der Waals surface area (Å²) in [6, 6.07) is 0. The largest absolute Gasteiger partial charge is 0.462 e. The molecule has 1 saturated carbocycles. The lowest BCUT2D eigenvalue weighted by atomic mass is 9.83. The van der Waals surface area contributed by atoms with E-state index in [1.54, 1.807) is 0 Å². The molecule has 0 N–H and O–H groups in total. The van der Waals surface area contributed by atoms with E-state index in [-0.39, 0.29) is 22.6 Å². The smallest absolute Gasteiger partial charge is 0.307 e. The Hall–Kier alpha value is -0.160. The Morgan fingerprint density at radius 2 is 1.60 bits per heavy atom. The molecule has 0 heterocycles. The summed E-state index contributed by atoms with van der Waals surface area (Å²) in [6.07, 6.45) is 5.30. The number of rotatable bonds is 7. The van der Waals surface area contributed by atoms with Crippen molar-refractivity contribution in [2.24, 2.45) is 5.92 Å². The molecule has 0 aromatic rings. The number of Topliss-reactive ketones (excluding diaryl/α,β-unsaturated/α-hetero) is 1. The van der Waals surface area contributed by atoms with Crippen LogP contribution in [0.15, 0.2) is 0 Å². The average Bonchev–Trinajstić information content (AvgIpc) is 2.29. The predicted molar refractivity (Wildman–Crippen MR) is 87.6 cm³/mol. The highest BCUT2D eigenvalue weighted by Crippen LogP contribution is 2.29. The van der Waals surface area contributed by atoms with E-state index in [9.17, 15) is 9.59 Å². The van der Waals surface area contributed by atoms with E-state index in [4.69, 9.17) is 4.74 Å². The fourth-order valence-corrected chi connectivity index (χ4v) is 3.02. The zero-order chi connectivity index (χ0) is 15.1. The molecule has 0 aliphatic heterocycles. The summed E-state index contributed by atoms with van der Waals surface area (Å²) in [6.45, 7) is 3.83. The highest BCUT2D eigenvalue weighted by Gasteiger charge is 2.25. The first-order valence-electron chi connectivity index (χ1n) is 7.44. The Labute approximate surface area is 133 Å². The van der Waals surface area contributed by atoms with Gasteiger partial charge in [-0.05, 0) is 31.6 Å². The normalized spacial score (nSPS) is 25.8. The molecule has 5 heteroatoms. The van der Waals surface area contributed by atoms with Crippen molar-refractivity contribution in [3.8, 4) is 0 Å². The number of hydrogen-bond donors (Lipinski definition) is 2. The summed E-state index contributed by atoms with van der Waals surface area (Å²) in [4.78, 5) is 23.3. The van der Waals surface area contributed by atoms with Gasteiger partial charge in [-0.25, -0.2) is 0 Å². The Bertz CT molecular complexity index is 289. The third kappa shape index (κ3) is 7.58. The van der Waals surface area contributed by atoms with E-state index >= 15 is 0 Å². The molecule has 20 heavy (non-hydrogen) atoms. The molecule has 0 spiro atoms. The van der Waals surface area contributed by atoms with Crippen LogP contribution < -0.4 is 0 Å². The lowest BCUT2D eigenvalue weighted by Crippen LogP contribution is -2.26. The SMILES string of the molecule is CC(S)CC(=O)CC1CCC(OC(=O)CC(C)S)CC1. The van der Waals surface area contributed by atoms with Crippen molar-refractivity contribution in [1.29, 1.82) is 0 Å². The molecule has 0 saturated heterocycles. The molecule has 0 bridgehead atoms. The highest BCUT2D eigenvalue weighted by molar-refractivity contribution is 7.81. The van der Waals surface area contributed by atoms with Crippen LogP contribution in [0.3, 0.4) is 0 Å². The van der Waals surface area contributed by atoms with Gasteiger partial charge in [0.1, 0.15) is 11.9 Å². The van der Waals surface area contributed by atoms with Gasteiger partial charge < -0.3 is 4.74 Å². The van der Waals surface area contributed by atoms with E-state index in [0.717, 1.165) is 25.7 Å². The molecular formula is C15H26O3S2. The Kier molecular flexibility index (Phi) is 8.03. The van der Waals surface area contributed by atoms with Gasteiger partial charge in [0.05, 0.1) is 6.42 Å². The Morgan fingerprint density at radius 3 is 2.10 bits per heavy atom. The molecule has 1 aliphatic rings. The van der Waals surface area contributed by atoms with Crippen LogP contribution in [-0.4, -0.2) is 28.4 Å². The van der Waals surface area contributed by atoms with Gasteiger partial charge in [-0.1, -0.05) is 13.8 Å². The molecule has 0 amide bonds. The van der Waals surface area contributed by atoms with E-state index in [1.807, 2.05) is 13.8 Å². The number of esters is 1. The van der Waals surface area contributed by atoms with Gasteiger partial charge in [0.15, 0.2) is 0 Å². The minimum atomic E-state index is -0.157. The topological polar surface area (TPSA) is 43.4 Å².